The Bertz CT molecular complexity index is 489. The van der Waals surface area contributed by atoms with Crippen LogP contribution in [0, 0.1) is 6.92 Å². The van der Waals surface area contributed by atoms with Crippen molar-refractivity contribution in [3.05, 3.63) is 57.8 Å². The van der Waals surface area contributed by atoms with Gasteiger partial charge < -0.3 is 5.32 Å². The van der Waals surface area contributed by atoms with E-state index in [4.69, 9.17) is 0 Å². The van der Waals surface area contributed by atoms with E-state index in [-0.39, 0.29) is 0 Å². The van der Waals surface area contributed by atoms with Crippen LogP contribution in [0.4, 0.5) is 0 Å². The van der Waals surface area contributed by atoms with Crippen molar-refractivity contribution >= 4 is 11.3 Å². The molecule has 1 heterocycles. The standard InChI is InChI=1S/C17H23NS/c1-13(16-7-5-4-6-8-16)9-11-18-15(3)17-14(2)10-12-19-17/h4-8,10,12-13,15,18H,9,11H2,1-3H3. The van der Waals surface area contributed by atoms with Gasteiger partial charge in [0.1, 0.15) is 0 Å². The van der Waals surface area contributed by atoms with Crippen molar-refractivity contribution in [2.24, 2.45) is 0 Å². The maximum Gasteiger partial charge on any atom is 0.0388 e. The average Bonchev–Trinajstić information content (AvgIpc) is 2.86. The van der Waals surface area contributed by atoms with E-state index >= 15 is 0 Å². The monoisotopic (exact) mass is 273 g/mol. The van der Waals surface area contributed by atoms with Crippen LogP contribution in [-0.2, 0) is 0 Å². The first-order valence-corrected chi connectivity index (χ1v) is 7.88. The molecule has 0 spiro atoms. The lowest BCUT2D eigenvalue weighted by molar-refractivity contribution is 0.535. The van der Waals surface area contributed by atoms with Crippen molar-refractivity contribution < 1.29 is 0 Å². The number of hydrogen-bond acceptors (Lipinski definition) is 2. The van der Waals surface area contributed by atoms with Crippen molar-refractivity contribution in [3.63, 3.8) is 0 Å². The summed E-state index contributed by atoms with van der Waals surface area (Å²) in [7, 11) is 0. The number of nitrogens with one attached hydrogen (secondary N) is 1. The highest BCUT2D eigenvalue weighted by Crippen LogP contribution is 2.24. The smallest absolute Gasteiger partial charge is 0.0388 e. The van der Waals surface area contributed by atoms with Gasteiger partial charge in [-0.25, -0.2) is 0 Å². The topological polar surface area (TPSA) is 12.0 Å². The van der Waals surface area contributed by atoms with Gasteiger partial charge in [0.15, 0.2) is 0 Å². The van der Waals surface area contributed by atoms with Crippen LogP contribution in [0.3, 0.4) is 0 Å². The molecular weight excluding hydrogens is 250 g/mol. The second-order valence-electron chi connectivity index (χ2n) is 5.24. The Hall–Kier alpha value is -1.12. The van der Waals surface area contributed by atoms with E-state index in [0.717, 1.165) is 6.54 Å². The van der Waals surface area contributed by atoms with Crippen molar-refractivity contribution in [1.82, 2.24) is 5.32 Å². The van der Waals surface area contributed by atoms with E-state index in [9.17, 15) is 0 Å². The number of hydrogen-bond donors (Lipinski definition) is 1. The molecular formula is C17H23NS. The third-order valence-corrected chi connectivity index (χ3v) is 4.89. The fourth-order valence-corrected chi connectivity index (χ4v) is 3.35. The summed E-state index contributed by atoms with van der Waals surface area (Å²) in [5.41, 5.74) is 2.84. The maximum atomic E-state index is 3.64. The van der Waals surface area contributed by atoms with E-state index in [2.05, 4.69) is 67.9 Å². The first-order valence-electron chi connectivity index (χ1n) is 7.01. The summed E-state index contributed by atoms with van der Waals surface area (Å²) in [5.74, 6) is 0.616. The van der Waals surface area contributed by atoms with Crippen LogP contribution in [0.25, 0.3) is 0 Å². The fraction of sp³-hybridized carbons (Fsp3) is 0.412. The first kappa shape index (κ1) is 14.3. The van der Waals surface area contributed by atoms with E-state index in [1.165, 1.54) is 22.4 Å². The molecule has 0 aliphatic carbocycles. The van der Waals surface area contributed by atoms with Crippen molar-refractivity contribution in [3.8, 4) is 0 Å². The Labute approximate surface area is 120 Å². The van der Waals surface area contributed by atoms with Gasteiger partial charge in [-0.2, -0.15) is 0 Å². The zero-order valence-electron chi connectivity index (χ0n) is 12.0. The van der Waals surface area contributed by atoms with Gasteiger partial charge in [0.25, 0.3) is 0 Å². The molecule has 0 amide bonds. The van der Waals surface area contributed by atoms with Gasteiger partial charge in [-0.1, -0.05) is 37.3 Å². The molecule has 1 N–H and O–H groups in total. The van der Waals surface area contributed by atoms with Crippen LogP contribution in [0.1, 0.15) is 48.2 Å². The predicted molar refractivity (Wildman–Crippen MR) is 84.9 cm³/mol. The molecule has 102 valence electrons. The van der Waals surface area contributed by atoms with Crippen LogP contribution in [0.5, 0.6) is 0 Å². The fourth-order valence-electron chi connectivity index (χ4n) is 2.39. The first-order chi connectivity index (χ1) is 9.18. The third kappa shape index (κ3) is 3.92. The number of rotatable bonds is 6. The number of thiophene rings is 1. The van der Waals surface area contributed by atoms with Gasteiger partial charge >= 0.3 is 0 Å². The van der Waals surface area contributed by atoms with Crippen molar-refractivity contribution in [1.29, 1.82) is 0 Å². The summed E-state index contributed by atoms with van der Waals surface area (Å²) in [6.45, 7) is 7.81. The molecule has 0 saturated carbocycles. The van der Waals surface area contributed by atoms with Crippen LogP contribution in [-0.4, -0.2) is 6.54 Å². The molecule has 0 fully saturated rings. The Morgan fingerprint density at radius 1 is 1.11 bits per heavy atom. The van der Waals surface area contributed by atoms with Crippen molar-refractivity contribution in [2.45, 2.75) is 39.2 Å². The molecule has 2 atom stereocenters. The van der Waals surface area contributed by atoms with E-state index in [0.29, 0.717) is 12.0 Å². The zero-order valence-corrected chi connectivity index (χ0v) is 12.8. The highest BCUT2D eigenvalue weighted by Gasteiger charge is 2.10. The van der Waals surface area contributed by atoms with Gasteiger partial charge in [0, 0.05) is 10.9 Å². The summed E-state index contributed by atoms with van der Waals surface area (Å²) in [4.78, 5) is 1.47. The molecule has 2 aromatic rings. The molecule has 0 aliphatic rings. The van der Waals surface area contributed by atoms with Gasteiger partial charge in [-0.3, -0.25) is 0 Å². The lowest BCUT2D eigenvalue weighted by Gasteiger charge is -2.16. The highest BCUT2D eigenvalue weighted by atomic mass is 32.1. The van der Waals surface area contributed by atoms with Gasteiger partial charge in [0.05, 0.1) is 0 Å². The van der Waals surface area contributed by atoms with E-state index in [1.54, 1.807) is 0 Å². The minimum absolute atomic E-state index is 0.461. The minimum Gasteiger partial charge on any atom is -0.309 e. The summed E-state index contributed by atoms with van der Waals surface area (Å²) < 4.78 is 0. The second-order valence-corrected chi connectivity index (χ2v) is 6.19. The summed E-state index contributed by atoms with van der Waals surface area (Å²) in [6, 6.07) is 13.4. The molecule has 1 aromatic carbocycles. The van der Waals surface area contributed by atoms with Gasteiger partial charge in [-0.05, 0) is 55.3 Å². The Morgan fingerprint density at radius 2 is 1.84 bits per heavy atom. The molecule has 2 heteroatoms. The normalized spacial score (nSPS) is 14.3. The SMILES string of the molecule is Cc1ccsc1C(C)NCCC(C)c1ccccc1. The van der Waals surface area contributed by atoms with Gasteiger partial charge in [-0.15, -0.1) is 11.3 Å². The summed E-state index contributed by atoms with van der Waals surface area (Å²) >= 11 is 1.85. The van der Waals surface area contributed by atoms with E-state index in [1.807, 2.05) is 11.3 Å². The largest absolute Gasteiger partial charge is 0.309 e. The molecule has 1 aromatic heterocycles. The second kappa shape index (κ2) is 6.88. The summed E-state index contributed by atoms with van der Waals surface area (Å²) in [6.07, 6.45) is 1.18. The molecule has 0 saturated heterocycles. The zero-order chi connectivity index (χ0) is 13.7. The van der Waals surface area contributed by atoms with Crippen LogP contribution in [0.2, 0.25) is 0 Å². The predicted octanol–water partition coefficient (Wildman–Crippen LogP) is 4.90. The molecule has 1 nitrogen and oxygen atoms in total. The Morgan fingerprint density at radius 3 is 2.47 bits per heavy atom. The third-order valence-electron chi connectivity index (χ3n) is 3.69. The lowest BCUT2D eigenvalue weighted by atomic mass is 9.98. The molecule has 0 radical (unpaired) electrons. The van der Waals surface area contributed by atoms with Crippen LogP contribution >= 0.6 is 11.3 Å². The molecule has 0 bridgehead atoms. The summed E-state index contributed by atoms with van der Waals surface area (Å²) in [5, 5.41) is 5.81. The van der Waals surface area contributed by atoms with Crippen molar-refractivity contribution in [2.75, 3.05) is 6.54 Å². The minimum atomic E-state index is 0.461. The Balaban J connectivity index is 1.79. The molecule has 0 aliphatic heterocycles. The quantitative estimate of drug-likeness (QED) is 0.789. The molecule has 2 rings (SSSR count). The van der Waals surface area contributed by atoms with Crippen LogP contribution in [0.15, 0.2) is 41.8 Å². The number of aryl methyl sites for hydroxylation is 1. The average molecular weight is 273 g/mol. The molecule has 2 unspecified atom stereocenters. The maximum absolute atomic E-state index is 3.64. The number of benzene rings is 1. The lowest BCUT2D eigenvalue weighted by Crippen LogP contribution is -2.20. The van der Waals surface area contributed by atoms with Crippen LogP contribution < -0.4 is 5.32 Å². The van der Waals surface area contributed by atoms with E-state index < -0.39 is 0 Å². The highest BCUT2D eigenvalue weighted by molar-refractivity contribution is 7.10. The van der Waals surface area contributed by atoms with Gasteiger partial charge in [0.2, 0.25) is 0 Å². The molecule has 19 heavy (non-hydrogen) atoms. The Kier molecular flexibility index (Phi) is 5.17.